The fourth-order valence-electron chi connectivity index (χ4n) is 3.98. The van der Waals surface area contributed by atoms with E-state index in [1.54, 1.807) is 0 Å². The molecule has 0 bridgehead atoms. The molecular formula is C14H24O. The first-order valence-corrected chi connectivity index (χ1v) is 6.76. The molecule has 0 spiro atoms. The quantitative estimate of drug-likeness (QED) is 0.674. The summed E-state index contributed by atoms with van der Waals surface area (Å²) < 4.78 is 0. The maximum Gasteiger partial charge on any atom is 0.136 e. The van der Waals surface area contributed by atoms with E-state index in [2.05, 4.69) is 13.8 Å². The Kier molecular flexibility index (Phi) is 3.48. The van der Waals surface area contributed by atoms with Crippen LogP contribution in [0.3, 0.4) is 0 Å². The van der Waals surface area contributed by atoms with Crippen molar-refractivity contribution in [2.24, 2.45) is 23.7 Å². The van der Waals surface area contributed by atoms with E-state index in [1.165, 1.54) is 38.5 Å². The second-order valence-corrected chi connectivity index (χ2v) is 5.65. The van der Waals surface area contributed by atoms with E-state index in [1.807, 2.05) is 0 Å². The number of hydrogen-bond donors (Lipinski definition) is 0. The SMILES string of the molecule is CCCC1CCC(=O)C2C(C)CCCC12. The lowest BCUT2D eigenvalue weighted by atomic mass is 9.60. The molecule has 0 aromatic heterocycles. The maximum absolute atomic E-state index is 12.0. The first kappa shape index (κ1) is 11.2. The van der Waals surface area contributed by atoms with Gasteiger partial charge in [-0.1, -0.05) is 33.1 Å². The molecule has 1 heteroatoms. The maximum atomic E-state index is 12.0. The number of carbonyl (C=O) groups is 1. The summed E-state index contributed by atoms with van der Waals surface area (Å²) in [7, 11) is 0. The number of Topliss-reactive ketones (excluding diaryl/α,β-unsaturated/α-hetero) is 1. The third kappa shape index (κ3) is 2.11. The first-order chi connectivity index (χ1) is 7.24. The summed E-state index contributed by atoms with van der Waals surface area (Å²) in [5, 5.41) is 0. The lowest BCUT2D eigenvalue weighted by Crippen LogP contribution is -2.41. The molecule has 0 saturated heterocycles. The number of ketones is 1. The smallest absolute Gasteiger partial charge is 0.136 e. The van der Waals surface area contributed by atoms with E-state index in [-0.39, 0.29) is 0 Å². The lowest BCUT2D eigenvalue weighted by Gasteiger charge is -2.43. The molecule has 86 valence electrons. The van der Waals surface area contributed by atoms with Crippen molar-refractivity contribution in [2.75, 3.05) is 0 Å². The minimum atomic E-state index is 0.434. The molecule has 0 aromatic carbocycles. The van der Waals surface area contributed by atoms with Crippen molar-refractivity contribution in [1.29, 1.82) is 0 Å². The predicted octanol–water partition coefficient (Wildman–Crippen LogP) is 3.82. The molecule has 0 aliphatic heterocycles. The monoisotopic (exact) mass is 208 g/mol. The minimum absolute atomic E-state index is 0.434. The van der Waals surface area contributed by atoms with Crippen LogP contribution in [0.2, 0.25) is 0 Å². The van der Waals surface area contributed by atoms with E-state index in [0.29, 0.717) is 17.6 Å². The normalized spacial score (nSPS) is 41.3. The molecule has 0 radical (unpaired) electrons. The average Bonchev–Trinajstić information content (AvgIpc) is 2.22. The zero-order valence-corrected chi connectivity index (χ0v) is 10.2. The van der Waals surface area contributed by atoms with Gasteiger partial charge in [-0.05, 0) is 37.0 Å². The van der Waals surface area contributed by atoms with Crippen molar-refractivity contribution < 1.29 is 4.79 Å². The third-order valence-corrected chi connectivity index (χ3v) is 4.67. The van der Waals surface area contributed by atoms with Gasteiger partial charge in [-0.3, -0.25) is 4.79 Å². The summed E-state index contributed by atoms with van der Waals surface area (Å²) in [6.45, 7) is 4.57. The van der Waals surface area contributed by atoms with Gasteiger partial charge in [-0.25, -0.2) is 0 Å². The Bertz CT molecular complexity index is 233. The molecule has 2 aliphatic rings. The van der Waals surface area contributed by atoms with Crippen molar-refractivity contribution in [3.63, 3.8) is 0 Å². The molecule has 0 aromatic rings. The van der Waals surface area contributed by atoms with Gasteiger partial charge in [0, 0.05) is 12.3 Å². The molecule has 4 unspecified atom stereocenters. The van der Waals surface area contributed by atoms with Crippen molar-refractivity contribution in [2.45, 2.75) is 58.8 Å². The largest absolute Gasteiger partial charge is 0.299 e. The van der Waals surface area contributed by atoms with Gasteiger partial charge in [-0.2, -0.15) is 0 Å². The molecule has 0 amide bonds. The Morgan fingerprint density at radius 3 is 2.80 bits per heavy atom. The van der Waals surface area contributed by atoms with Crippen molar-refractivity contribution in [1.82, 2.24) is 0 Å². The number of hydrogen-bond acceptors (Lipinski definition) is 1. The van der Waals surface area contributed by atoms with E-state index in [0.717, 1.165) is 18.3 Å². The summed E-state index contributed by atoms with van der Waals surface area (Å²) >= 11 is 0. The topological polar surface area (TPSA) is 17.1 Å². The molecule has 15 heavy (non-hydrogen) atoms. The van der Waals surface area contributed by atoms with Gasteiger partial charge in [0.2, 0.25) is 0 Å². The van der Waals surface area contributed by atoms with Crippen molar-refractivity contribution in [3.8, 4) is 0 Å². The zero-order chi connectivity index (χ0) is 10.8. The zero-order valence-electron chi connectivity index (χ0n) is 10.2. The fourth-order valence-corrected chi connectivity index (χ4v) is 3.98. The van der Waals surface area contributed by atoms with Gasteiger partial charge in [0.25, 0.3) is 0 Å². The van der Waals surface area contributed by atoms with E-state index >= 15 is 0 Å². The molecule has 0 N–H and O–H groups in total. The van der Waals surface area contributed by atoms with Crippen LogP contribution < -0.4 is 0 Å². The van der Waals surface area contributed by atoms with Crippen LogP contribution in [-0.4, -0.2) is 5.78 Å². The Labute approximate surface area is 93.6 Å². The van der Waals surface area contributed by atoms with E-state index in [9.17, 15) is 4.79 Å². The Balaban J connectivity index is 2.11. The summed E-state index contributed by atoms with van der Waals surface area (Å²) in [4.78, 5) is 12.0. The fraction of sp³-hybridized carbons (Fsp3) is 0.929. The first-order valence-electron chi connectivity index (χ1n) is 6.76. The van der Waals surface area contributed by atoms with Crippen LogP contribution in [-0.2, 0) is 4.79 Å². The van der Waals surface area contributed by atoms with Crippen LogP contribution in [0.5, 0.6) is 0 Å². The second kappa shape index (κ2) is 4.67. The van der Waals surface area contributed by atoms with E-state index < -0.39 is 0 Å². The summed E-state index contributed by atoms with van der Waals surface area (Å²) in [6, 6.07) is 0. The van der Waals surface area contributed by atoms with Gasteiger partial charge in [-0.15, -0.1) is 0 Å². The van der Waals surface area contributed by atoms with Gasteiger partial charge >= 0.3 is 0 Å². The van der Waals surface area contributed by atoms with Crippen LogP contribution in [0, 0.1) is 23.7 Å². The highest BCUT2D eigenvalue weighted by molar-refractivity contribution is 5.82. The highest BCUT2D eigenvalue weighted by Gasteiger charge is 2.42. The van der Waals surface area contributed by atoms with Crippen LogP contribution in [0.1, 0.15) is 58.8 Å². The summed E-state index contributed by atoms with van der Waals surface area (Å²) in [5.41, 5.74) is 0. The Morgan fingerprint density at radius 1 is 1.27 bits per heavy atom. The van der Waals surface area contributed by atoms with Crippen LogP contribution in [0.15, 0.2) is 0 Å². The van der Waals surface area contributed by atoms with Crippen molar-refractivity contribution >= 4 is 5.78 Å². The number of rotatable bonds is 2. The van der Waals surface area contributed by atoms with E-state index in [4.69, 9.17) is 0 Å². The van der Waals surface area contributed by atoms with Gasteiger partial charge < -0.3 is 0 Å². The molecule has 2 saturated carbocycles. The molecule has 2 fully saturated rings. The third-order valence-electron chi connectivity index (χ3n) is 4.67. The van der Waals surface area contributed by atoms with Gasteiger partial charge in [0.05, 0.1) is 0 Å². The molecule has 2 rings (SSSR count). The standard InChI is InChI=1S/C14H24O/c1-3-5-11-8-9-13(15)14-10(2)6-4-7-12(11)14/h10-12,14H,3-9H2,1-2H3. The minimum Gasteiger partial charge on any atom is -0.299 e. The summed E-state index contributed by atoms with van der Waals surface area (Å²) in [5.74, 6) is 3.29. The van der Waals surface area contributed by atoms with Crippen LogP contribution in [0.25, 0.3) is 0 Å². The number of carbonyl (C=O) groups excluding carboxylic acids is 1. The van der Waals surface area contributed by atoms with Crippen LogP contribution in [0.4, 0.5) is 0 Å². The summed E-state index contributed by atoms with van der Waals surface area (Å²) in [6.07, 6.45) is 8.65. The Morgan fingerprint density at radius 2 is 2.07 bits per heavy atom. The molecule has 1 nitrogen and oxygen atoms in total. The van der Waals surface area contributed by atoms with Crippen molar-refractivity contribution in [3.05, 3.63) is 0 Å². The highest BCUT2D eigenvalue weighted by Crippen LogP contribution is 2.46. The molecule has 0 heterocycles. The second-order valence-electron chi connectivity index (χ2n) is 5.65. The van der Waals surface area contributed by atoms with Crippen LogP contribution >= 0.6 is 0 Å². The molecular weight excluding hydrogens is 184 g/mol. The highest BCUT2D eigenvalue weighted by atomic mass is 16.1. The Hall–Kier alpha value is -0.330. The average molecular weight is 208 g/mol. The lowest BCUT2D eigenvalue weighted by molar-refractivity contribution is -0.132. The van der Waals surface area contributed by atoms with Gasteiger partial charge in [0.15, 0.2) is 0 Å². The molecule has 2 aliphatic carbocycles. The van der Waals surface area contributed by atoms with Gasteiger partial charge in [0.1, 0.15) is 5.78 Å². The predicted molar refractivity (Wildman–Crippen MR) is 62.6 cm³/mol. The molecule has 4 atom stereocenters. The number of fused-ring (bicyclic) bond motifs is 1.